The SMILES string of the molecule is C=CCC(Cc1ccc(C(=O)OC)cc1)CC(C)(C)C. The van der Waals surface area contributed by atoms with Gasteiger partial charge in [-0.05, 0) is 48.3 Å². The molecule has 110 valence electrons. The van der Waals surface area contributed by atoms with Gasteiger partial charge in [0, 0.05) is 0 Å². The van der Waals surface area contributed by atoms with Crippen molar-refractivity contribution in [1.82, 2.24) is 0 Å². The molecule has 0 saturated carbocycles. The Morgan fingerprint density at radius 1 is 1.30 bits per heavy atom. The number of benzene rings is 1. The van der Waals surface area contributed by atoms with E-state index in [9.17, 15) is 4.79 Å². The van der Waals surface area contributed by atoms with E-state index in [2.05, 4.69) is 27.4 Å². The van der Waals surface area contributed by atoms with E-state index in [0.29, 0.717) is 16.9 Å². The molecule has 1 rings (SSSR count). The zero-order chi connectivity index (χ0) is 15.2. The average Bonchev–Trinajstić information content (AvgIpc) is 2.37. The van der Waals surface area contributed by atoms with Crippen molar-refractivity contribution in [3.8, 4) is 0 Å². The molecule has 1 aromatic rings. The third-order valence-corrected chi connectivity index (χ3v) is 3.30. The Bertz CT molecular complexity index is 437. The van der Waals surface area contributed by atoms with Crippen molar-refractivity contribution >= 4 is 5.97 Å². The fourth-order valence-electron chi connectivity index (χ4n) is 2.57. The highest BCUT2D eigenvalue weighted by atomic mass is 16.5. The molecular formula is C18H26O2. The Hall–Kier alpha value is -1.57. The van der Waals surface area contributed by atoms with Gasteiger partial charge in [0.15, 0.2) is 0 Å². The average molecular weight is 274 g/mol. The van der Waals surface area contributed by atoms with Gasteiger partial charge in [0.1, 0.15) is 0 Å². The first-order valence-electron chi connectivity index (χ1n) is 7.14. The van der Waals surface area contributed by atoms with Crippen molar-refractivity contribution in [2.24, 2.45) is 11.3 Å². The first kappa shape index (κ1) is 16.5. The second-order valence-electron chi connectivity index (χ2n) is 6.55. The molecular weight excluding hydrogens is 248 g/mol. The minimum atomic E-state index is -0.283. The molecule has 0 amide bonds. The summed E-state index contributed by atoms with van der Waals surface area (Å²) < 4.78 is 4.71. The molecule has 2 nitrogen and oxygen atoms in total. The molecule has 0 aromatic heterocycles. The van der Waals surface area contributed by atoms with Gasteiger partial charge in [0.25, 0.3) is 0 Å². The standard InChI is InChI=1S/C18H26O2/c1-6-7-15(13-18(2,3)4)12-14-8-10-16(11-9-14)17(19)20-5/h6,8-11,15H,1,7,12-13H2,2-5H3. The molecule has 0 aliphatic carbocycles. The first-order valence-corrected chi connectivity index (χ1v) is 7.14. The molecule has 20 heavy (non-hydrogen) atoms. The van der Waals surface area contributed by atoms with Crippen LogP contribution in [0.25, 0.3) is 0 Å². The van der Waals surface area contributed by atoms with Crippen molar-refractivity contribution in [1.29, 1.82) is 0 Å². The zero-order valence-electron chi connectivity index (χ0n) is 13.1. The predicted octanol–water partition coefficient (Wildman–Crippen LogP) is 4.64. The van der Waals surface area contributed by atoms with E-state index in [4.69, 9.17) is 4.74 Å². The molecule has 0 fully saturated rings. The molecule has 0 aliphatic rings. The lowest BCUT2D eigenvalue weighted by Crippen LogP contribution is -2.15. The van der Waals surface area contributed by atoms with Gasteiger partial charge in [-0.15, -0.1) is 6.58 Å². The summed E-state index contributed by atoms with van der Waals surface area (Å²) in [6.07, 6.45) is 5.21. The van der Waals surface area contributed by atoms with Crippen molar-refractivity contribution in [2.75, 3.05) is 7.11 Å². The molecule has 1 atom stereocenters. The summed E-state index contributed by atoms with van der Waals surface area (Å²) >= 11 is 0. The second-order valence-corrected chi connectivity index (χ2v) is 6.55. The summed E-state index contributed by atoms with van der Waals surface area (Å²) in [5, 5.41) is 0. The Morgan fingerprint density at radius 3 is 2.35 bits per heavy atom. The molecule has 0 aliphatic heterocycles. The lowest BCUT2D eigenvalue weighted by Gasteiger charge is -2.25. The summed E-state index contributed by atoms with van der Waals surface area (Å²) in [5.41, 5.74) is 2.18. The van der Waals surface area contributed by atoms with Crippen LogP contribution in [0.3, 0.4) is 0 Å². The third-order valence-electron chi connectivity index (χ3n) is 3.30. The van der Waals surface area contributed by atoms with Gasteiger partial charge in [-0.25, -0.2) is 4.79 Å². The van der Waals surface area contributed by atoms with Gasteiger partial charge in [0.2, 0.25) is 0 Å². The van der Waals surface area contributed by atoms with Crippen LogP contribution in [0.4, 0.5) is 0 Å². The first-order chi connectivity index (χ1) is 9.35. The van der Waals surface area contributed by atoms with Crippen LogP contribution >= 0.6 is 0 Å². The maximum atomic E-state index is 11.4. The fourth-order valence-corrected chi connectivity index (χ4v) is 2.57. The van der Waals surface area contributed by atoms with Crippen LogP contribution < -0.4 is 0 Å². The molecule has 1 aromatic carbocycles. The van der Waals surface area contributed by atoms with Gasteiger partial charge in [-0.1, -0.05) is 39.0 Å². The van der Waals surface area contributed by atoms with E-state index in [0.717, 1.165) is 19.3 Å². The van der Waals surface area contributed by atoms with Crippen LogP contribution in [-0.4, -0.2) is 13.1 Å². The lowest BCUT2D eigenvalue weighted by atomic mass is 9.80. The quantitative estimate of drug-likeness (QED) is 0.558. The number of allylic oxidation sites excluding steroid dienone is 1. The molecule has 0 bridgehead atoms. The lowest BCUT2D eigenvalue weighted by molar-refractivity contribution is 0.0600. The molecule has 0 saturated heterocycles. The van der Waals surface area contributed by atoms with Crippen molar-refractivity contribution in [2.45, 2.75) is 40.0 Å². The highest BCUT2D eigenvalue weighted by Crippen LogP contribution is 2.29. The number of hydrogen-bond acceptors (Lipinski definition) is 2. The van der Waals surface area contributed by atoms with Gasteiger partial charge in [-0.3, -0.25) is 0 Å². The Balaban J connectivity index is 2.73. The number of ether oxygens (including phenoxy) is 1. The number of hydrogen-bond donors (Lipinski definition) is 0. The van der Waals surface area contributed by atoms with Crippen LogP contribution in [-0.2, 0) is 11.2 Å². The fraction of sp³-hybridized carbons (Fsp3) is 0.500. The number of methoxy groups -OCH3 is 1. The van der Waals surface area contributed by atoms with Crippen LogP contribution in [0.5, 0.6) is 0 Å². The van der Waals surface area contributed by atoms with Gasteiger partial charge < -0.3 is 4.74 Å². The largest absolute Gasteiger partial charge is 0.465 e. The maximum absolute atomic E-state index is 11.4. The summed E-state index contributed by atoms with van der Waals surface area (Å²) in [6.45, 7) is 10.7. The van der Waals surface area contributed by atoms with E-state index in [1.807, 2.05) is 30.3 Å². The predicted molar refractivity (Wildman–Crippen MR) is 83.9 cm³/mol. The maximum Gasteiger partial charge on any atom is 0.337 e. The molecule has 2 heteroatoms. The smallest absolute Gasteiger partial charge is 0.337 e. The summed E-state index contributed by atoms with van der Waals surface area (Å²) in [5.74, 6) is 0.311. The zero-order valence-corrected chi connectivity index (χ0v) is 13.1. The molecule has 0 spiro atoms. The van der Waals surface area contributed by atoms with Gasteiger partial charge >= 0.3 is 5.97 Å². The highest BCUT2D eigenvalue weighted by molar-refractivity contribution is 5.89. The number of rotatable bonds is 6. The Morgan fingerprint density at radius 2 is 1.90 bits per heavy atom. The highest BCUT2D eigenvalue weighted by Gasteiger charge is 2.18. The molecule has 0 heterocycles. The van der Waals surface area contributed by atoms with Gasteiger partial charge in [-0.2, -0.15) is 0 Å². The second kappa shape index (κ2) is 7.28. The summed E-state index contributed by atoms with van der Waals surface area (Å²) in [4.78, 5) is 11.4. The number of carbonyl (C=O) groups is 1. The van der Waals surface area contributed by atoms with Gasteiger partial charge in [0.05, 0.1) is 12.7 Å². The summed E-state index contributed by atoms with van der Waals surface area (Å²) in [6, 6.07) is 7.71. The van der Waals surface area contributed by atoms with Crippen LogP contribution in [0, 0.1) is 11.3 Å². The monoisotopic (exact) mass is 274 g/mol. The van der Waals surface area contributed by atoms with Crippen molar-refractivity contribution in [3.63, 3.8) is 0 Å². The number of esters is 1. The molecule has 0 radical (unpaired) electrons. The molecule has 1 unspecified atom stereocenters. The number of carbonyl (C=O) groups excluding carboxylic acids is 1. The Labute approximate surface area is 122 Å². The third kappa shape index (κ3) is 5.60. The van der Waals surface area contributed by atoms with E-state index >= 15 is 0 Å². The van der Waals surface area contributed by atoms with Crippen molar-refractivity contribution < 1.29 is 9.53 Å². The minimum absolute atomic E-state index is 0.283. The van der Waals surface area contributed by atoms with E-state index in [1.165, 1.54) is 12.7 Å². The topological polar surface area (TPSA) is 26.3 Å². The van der Waals surface area contributed by atoms with Crippen molar-refractivity contribution in [3.05, 3.63) is 48.0 Å². The van der Waals surface area contributed by atoms with E-state index in [1.54, 1.807) is 0 Å². The van der Waals surface area contributed by atoms with Crippen LogP contribution in [0.1, 0.15) is 49.5 Å². The minimum Gasteiger partial charge on any atom is -0.465 e. The van der Waals surface area contributed by atoms with Crippen LogP contribution in [0.2, 0.25) is 0 Å². The Kier molecular flexibility index (Phi) is 6.00. The summed E-state index contributed by atoms with van der Waals surface area (Å²) in [7, 11) is 1.40. The van der Waals surface area contributed by atoms with E-state index in [-0.39, 0.29) is 5.97 Å². The van der Waals surface area contributed by atoms with Crippen LogP contribution in [0.15, 0.2) is 36.9 Å². The molecule has 0 N–H and O–H groups in total. The van der Waals surface area contributed by atoms with E-state index < -0.39 is 0 Å². The normalized spacial score (nSPS) is 12.8.